The fraction of sp³-hybridized carbons (Fsp3) is 0.522. The van der Waals surface area contributed by atoms with Crippen molar-refractivity contribution in [1.29, 1.82) is 0 Å². The van der Waals surface area contributed by atoms with Crippen molar-refractivity contribution in [3.05, 3.63) is 35.0 Å². The van der Waals surface area contributed by atoms with Gasteiger partial charge >= 0.3 is 0 Å². The molecule has 0 spiro atoms. The van der Waals surface area contributed by atoms with Gasteiger partial charge in [-0.1, -0.05) is 11.6 Å². The van der Waals surface area contributed by atoms with Gasteiger partial charge in [-0.15, -0.1) is 0 Å². The fourth-order valence-corrected chi connectivity index (χ4v) is 4.94. The Bertz CT molecular complexity index is 1220. The average molecular weight is 476 g/mol. The van der Waals surface area contributed by atoms with E-state index >= 15 is 4.39 Å². The van der Waals surface area contributed by atoms with Gasteiger partial charge in [0.2, 0.25) is 5.95 Å². The molecule has 3 aromatic rings. The predicted molar refractivity (Wildman–Crippen MR) is 123 cm³/mol. The van der Waals surface area contributed by atoms with Crippen LogP contribution in [0.3, 0.4) is 0 Å². The highest BCUT2D eigenvalue weighted by molar-refractivity contribution is 6.33. The molecule has 2 aromatic heterocycles. The van der Waals surface area contributed by atoms with Gasteiger partial charge in [0, 0.05) is 18.0 Å². The normalized spacial score (nSPS) is 24.9. The van der Waals surface area contributed by atoms with Gasteiger partial charge < -0.3 is 24.8 Å². The van der Waals surface area contributed by atoms with E-state index in [2.05, 4.69) is 20.3 Å². The Morgan fingerprint density at radius 2 is 2.00 bits per heavy atom. The highest BCUT2D eigenvalue weighted by Gasteiger charge is 2.46. The molecule has 1 saturated carbocycles. The summed E-state index contributed by atoms with van der Waals surface area (Å²) in [6.07, 6.45) is 2.32. The monoisotopic (exact) mass is 475 g/mol. The van der Waals surface area contributed by atoms with Gasteiger partial charge in [-0.25, -0.2) is 19.3 Å². The molecule has 0 amide bonds. The topological polar surface area (TPSA) is 105 Å². The first-order chi connectivity index (χ1) is 15.5. The summed E-state index contributed by atoms with van der Waals surface area (Å²) < 4.78 is 22.6. The molecule has 8 nitrogen and oxygen atoms in total. The second kappa shape index (κ2) is 7.87. The van der Waals surface area contributed by atoms with Crippen LogP contribution in [0.2, 0.25) is 5.02 Å². The Morgan fingerprint density at radius 1 is 1.27 bits per heavy atom. The van der Waals surface area contributed by atoms with E-state index in [1.54, 1.807) is 19.9 Å². The lowest BCUT2D eigenvalue weighted by Crippen LogP contribution is -2.59. The summed E-state index contributed by atoms with van der Waals surface area (Å²) in [5, 5.41) is 24.5. The number of nitrogens with zero attached hydrogens (tertiary/aromatic N) is 4. The van der Waals surface area contributed by atoms with Crippen molar-refractivity contribution in [2.45, 2.75) is 76.5 Å². The quantitative estimate of drug-likeness (QED) is 0.515. The van der Waals surface area contributed by atoms with Crippen LogP contribution in [0.5, 0.6) is 0 Å². The van der Waals surface area contributed by atoms with Crippen molar-refractivity contribution in [2.24, 2.45) is 0 Å². The molecule has 4 atom stereocenters. The third-order valence-electron chi connectivity index (χ3n) is 6.32. The third-order valence-corrected chi connectivity index (χ3v) is 6.59. The summed E-state index contributed by atoms with van der Waals surface area (Å²) >= 11 is 6.41. The van der Waals surface area contributed by atoms with Gasteiger partial charge in [-0.2, -0.15) is 0 Å². The molecule has 3 N–H and O–H groups in total. The zero-order valence-corrected chi connectivity index (χ0v) is 19.6. The molecular formula is C23H27ClFN5O3. The molecule has 1 aromatic carbocycles. The minimum absolute atomic E-state index is 0.0642. The van der Waals surface area contributed by atoms with Crippen molar-refractivity contribution in [3.8, 4) is 11.3 Å². The highest BCUT2D eigenvalue weighted by atomic mass is 35.5. The van der Waals surface area contributed by atoms with Crippen molar-refractivity contribution in [3.63, 3.8) is 0 Å². The number of rotatable bonds is 5. The van der Waals surface area contributed by atoms with Gasteiger partial charge in [0.1, 0.15) is 23.0 Å². The third kappa shape index (κ3) is 3.86. The fourth-order valence-electron chi connectivity index (χ4n) is 4.74. The number of hydrogen-bond acceptors (Lipinski definition) is 7. The van der Waals surface area contributed by atoms with Crippen LogP contribution in [0.1, 0.15) is 52.4 Å². The summed E-state index contributed by atoms with van der Waals surface area (Å²) in [4.78, 5) is 13.2. The maximum absolute atomic E-state index is 15.2. The lowest BCUT2D eigenvalue weighted by molar-refractivity contribution is -0.210. The maximum Gasteiger partial charge on any atom is 0.223 e. The second-order valence-electron chi connectivity index (χ2n) is 9.68. The molecule has 2 saturated heterocycles. The minimum atomic E-state index is -1.25. The maximum atomic E-state index is 15.2. The number of anilines is 1. The van der Waals surface area contributed by atoms with E-state index in [1.807, 2.05) is 18.4 Å². The number of fused-ring (bicyclic) bond motifs is 3. The van der Waals surface area contributed by atoms with Crippen LogP contribution in [-0.2, 0) is 10.3 Å². The summed E-state index contributed by atoms with van der Waals surface area (Å²) in [6.45, 7) is 7.15. The molecule has 6 rings (SSSR count). The number of imidazole rings is 1. The number of aliphatic hydroxyl groups excluding tert-OH is 1. The zero-order valence-electron chi connectivity index (χ0n) is 18.9. The van der Waals surface area contributed by atoms with Crippen LogP contribution < -0.4 is 5.32 Å². The van der Waals surface area contributed by atoms with Crippen LogP contribution in [0, 0.1) is 5.82 Å². The van der Waals surface area contributed by atoms with E-state index in [-0.39, 0.29) is 34.8 Å². The first kappa shape index (κ1) is 22.5. The lowest BCUT2D eigenvalue weighted by atomic mass is 9.83. The van der Waals surface area contributed by atoms with E-state index in [0.717, 1.165) is 6.42 Å². The van der Waals surface area contributed by atoms with Crippen LogP contribution in [0.25, 0.3) is 22.3 Å². The van der Waals surface area contributed by atoms with Crippen molar-refractivity contribution >= 4 is 28.6 Å². The van der Waals surface area contributed by atoms with Crippen LogP contribution >= 0.6 is 11.6 Å². The molecule has 3 aliphatic rings. The van der Waals surface area contributed by atoms with Crippen LogP contribution in [0.15, 0.2) is 18.3 Å². The largest absolute Gasteiger partial charge is 0.388 e. The number of benzene rings is 1. The van der Waals surface area contributed by atoms with Gasteiger partial charge in [-0.05, 0) is 46.2 Å². The molecule has 176 valence electrons. The minimum Gasteiger partial charge on any atom is -0.388 e. The first-order valence-corrected chi connectivity index (χ1v) is 11.5. The Balaban J connectivity index is 1.56. The molecule has 33 heavy (non-hydrogen) atoms. The number of halogens is 2. The summed E-state index contributed by atoms with van der Waals surface area (Å²) in [5.41, 5.74) is 0.307. The highest BCUT2D eigenvalue weighted by Crippen LogP contribution is 2.37. The number of hydrogen-bond donors (Lipinski definition) is 3. The molecule has 10 heteroatoms. The smallest absolute Gasteiger partial charge is 0.223 e. The van der Waals surface area contributed by atoms with E-state index in [0.29, 0.717) is 35.0 Å². The summed E-state index contributed by atoms with van der Waals surface area (Å²) in [5.74, 6) is 0.151. The molecule has 4 heterocycles. The Hall–Kier alpha value is -2.33. The Morgan fingerprint density at radius 3 is 2.64 bits per heavy atom. The van der Waals surface area contributed by atoms with Crippen molar-refractivity contribution in [1.82, 2.24) is 19.5 Å². The molecule has 1 aliphatic carbocycles. The molecule has 3 fully saturated rings. The first-order valence-electron chi connectivity index (χ1n) is 11.1. The van der Waals surface area contributed by atoms with Crippen molar-refractivity contribution < 1.29 is 19.3 Å². The van der Waals surface area contributed by atoms with Gasteiger partial charge in [0.15, 0.2) is 5.82 Å². The number of aromatic nitrogens is 4. The molecule has 2 bridgehead atoms. The predicted octanol–water partition coefficient (Wildman–Crippen LogP) is 3.80. The van der Waals surface area contributed by atoms with Crippen LogP contribution in [-0.4, -0.2) is 54.1 Å². The van der Waals surface area contributed by atoms with Crippen molar-refractivity contribution in [2.75, 3.05) is 5.32 Å². The number of nitrogens with one attached hydrogen (secondary N) is 1. The van der Waals surface area contributed by atoms with Gasteiger partial charge in [0.25, 0.3) is 0 Å². The standard InChI is InChI=1S/C23H27ClFN5O3/c1-10(2)30-16-6-11(5-14(25)19(16)28-21(30)23(3,4)32)18-13(24)9-26-22(29-18)27-15-7-12-8-17(33-12)20(15)31/h5-6,9-10,12,15,17,20,31-32H,7-8H2,1-4H3,(H,26,27,29)/t12-,15+,17-,20-/m0/s1. The Kier molecular flexibility index (Phi) is 5.36. The second-order valence-corrected chi connectivity index (χ2v) is 10.1. The molecule has 0 unspecified atom stereocenters. The number of ether oxygens (including phenoxy) is 1. The van der Waals surface area contributed by atoms with Crippen LogP contribution in [0.4, 0.5) is 10.3 Å². The average Bonchev–Trinajstić information content (AvgIpc) is 3.11. The summed E-state index contributed by atoms with van der Waals surface area (Å²) in [7, 11) is 0. The summed E-state index contributed by atoms with van der Waals surface area (Å²) in [6, 6.07) is 2.82. The SMILES string of the molecule is CC(C)n1c(C(C)(C)O)nc2c(F)cc(-c3nc(N[C@@H]4C[C@H]5C[C@H](O5)[C@H]4O)ncc3Cl)cc21. The van der Waals surface area contributed by atoms with Gasteiger partial charge in [-0.3, -0.25) is 0 Å². The lowest BCUT2D eigenvalue weighted by Gasteiger charge is -2.48. The van der Waals surface area contributed by atoms with E-state index in [1.165, 1.54) is 12.3 Å². The van der Waals surface area contributed by atoms with E-state index in [9.17, 15) is 10.2 Å². The van der Waals surface area contributed by atoms with Gasteiger partial charge in [0.05, 0.1) is 40.7 Å². The number of aliphatic hydroxyl groups is 2. The zero-order chi connectivity index (χ0) is 23.7. The molecule has 2 aliphatic heterocycles. The molecular weight excluding hydrogens is 449 g/mol. The molecule has 0 radical (unpaired) electrons. The Labute approximate surface area is 195 Å². The van der Waals surface area contributed by atoms with E-state index in [4.69, 9.17) is 16.3 Å². The van der Waals surface area contributed by atoms with E-state index < -0.39 is 17.5 Å².